The Morgan fingerprint density at radius 2 is 2.00 bits per heavy atom. The van der Waals surface area contributed by atoms with Gasteiger partial charge in [0.1, 0.15) is 11.6 Å². The first-order valence-electron chi connectivity index (χ1n) is 9.62. The molecule has 7 nitrogen and oxygen atoms in total. The van der Waals surface area contributed by atoms with Crippen LogP contribution in [0.25, 0.3) is 5.65 Å². The summed E-state index contributed by atoms with van der Waals surface area (Å²) in [6, 6.07) is 13.4. The predicted molar refractivity (Wildman–Crippen MR) is 121 cm³/mol. The Hall–Kier alpha value is -3.10. The highest BCUT2D eigenvalue weighted by atomic mass is 35.5. The number of hydrogen-bond donors (Lipinski definition) is 1. The molecular formula is C22H20ClN5O2S. The summed E-state index contributed by atoms with van der Waals surface area (Å²) in [5, 5.41) is 8.31. The van der Waals surface area contributed by atoms with Crippen LogP contribution in [-0.4, -0.2) is 25.1 Å². The third-order valence-electron chi connectivity index (χ3n) is 4.73. The van der Waals surface area contributed by atoms with Crippen LogP contribution in [0.5, 0.6) is 0 Å². The molecule has 0 saturated heterocycles. The van der Waals surface area contributed by atoms with E-state index in [-0.39, 0.29) is 19.0 Å². The summed E-state index contributed by atoms with van der Waals surface area (Å²) in [6.07, 6.45) is 3.11. The van der Waals surface area contributed by atoms with Gasteiger partial charge in [-0.25, -0.2) is 18.9 Å². The first-order chi connectivity index (χ1) is 14.9. The van der Waals surface area contributed by atoms with Gasteiger partial charge in [0.15, 0.2) is 5.65 Å². The van der Waals surface area contributed by atoms with Crippen LogP contribution in [0.3, 0.4) is 0 Å². The molecule has 2 aromatic heterocycles. The summed E-state index contributed by atoms with van der Waals surface area (Å²) < 4.78 is 2.55. The maximum atomic E-state index is 12.7. The van der Waals surface area contributed by atoms with E-state index in [0.29, 0.717) is 15.7 Å². The Bertz CT molecular complexity index is 1330. The minimum atomic E-state index is -0.396. The summed E-state index contributed by atoms with van der Waals surface area (Å²) in [7, 11) is 0. The molecule has 1 amide bonds. The van der Waals surface area contributed by atoms with Gasteiger partial charge in [-0.15, -0.1) is 5.10 Å². The van der Waals surface area contributed by atoms with Gasteiger partial charge < -0.3 is 5.32 Å². The van der Waals surface area contributed by atoms with Gasteiger partial charge in [-0.1, -0.05) is 59.3 Å². The average molecular weight is 454 g/mol. The van der Waals surface area contributed by atoms with Crippen LogP contribution in [0.4, 0.5) is 0 Å². The van der Waals surface area contributed by atoms with Crippen LogP contribution >= 0.6 is 23.4 Å². The normalized spacial score (nSPS) is 11.1. The molecule has 0 atom stereocenters. The fourth-order valence-corrected chi connectivity index (χ4v) is 4.26. The standard InChI is InChI=1S/C22H20ClN5O2S/c1-14-7-8-18(15(2)11-14)31-21-20-26-28(22(30)27(20)10-9-24-21)13-19(29)25-12-16-5-3-4-6-17(16)23/h3-11H,12-13H2,1-2H3,(H,25,29). The molecule has 0 radical (unpaired) electrons. The Labute approximate surface area is 188 Å². The minimum Gasteiger partial charge on any atom is -0.350 e. The fourth-order valence-electron chi connectivity index (χ4n) is 3.15. The molecule has 4 aromatic rings. The molecule has 0 unspecified atom stereocenters. The Morgan fingerprint density at radius 1 is 1.19 bits per heavy atom. The topological polar surface area (TPSA) is 81.3 Å². The summed E-state index contributed by atoms with van der Waals surface area (Å²) in [5.74, 6) is -0.332. The van der Waals surface area contributed by atoms with E-state index in [4.69, 9.17) is 11.6 Å². The van der Waals surface area contributed by atoms with E-state index in [0.717, 1.165) is 20.7 Å². The molecule has 0 aliphatic carbocycles. The molecule has 158 valence electrons. The number of aryl methyl sites for hydroxylation is 2. The number of nitrogens with one attached hydrogen (secondary N) is 1. The minimum absolute atomic E-state index is 0.196. The Morgan fingerprint density at radius 3 is 2.77 bits per heavy atom. The van der Waals surface area contributed by atoms with Crippen LogP contribution in [0.2, 0.25) is 5.02 Å². The number of benzene rings is 2. The van der Waals surface area contributed by atoms with Gasteiger partial charge >= 0.3 is 5.69 Å². The van der Waals surface area contributed by atoms with Crippen molar-refractivity contribution in [2.75, 3.05) is 0 Å². The average Bonchev–Trinajstić information content (AvgIpc) is 3.06. The zero-order chi connectivity index (χ0) is 22.0. The molecule has 0 saturated carbocycles. The number of carbonyl (C=O) groups is 1. The van der Waals surface area contributed by atoms with Gasteiger partial charge in [0.05, 0.1) is 0 Å². The number of fused-ring (bicyclic) bond motifs is 1. The lowest BCUT2D eigenvalue weighted by Gasteiger charge is -2.06. The van der Waals surface area contributed by atoms with Crippen molar-refractivity contribution in [2.24, 2.45) is 0 Å². The summed E-state index contributed by atoms with van der Waals surface area (Å²) >= 11 is 7.56. The van der Waals surface area contributed by atoms with Gasteiger partial charge in [0.2, 0.25) is 5.91 Å². The smallest absolute Gasteiger partial charge is 0.350 e. The predicted octanol–water partition coefficient (Wildman–Crippen LogP) is 3.63. The second-order valence-electron chi connectivity index (χ2n) is 7.11. The van der Waals surface area contributed by atoms with Crippen molar-refractivity contribution < 1.29 is 4.79 Å². The molecule has 0 bridgehead atoms. The third-order valence-corrected chi connectivity index (χ3v) is 6.26. The van der Waals surface area contributed by atoms with Crippen LogP contribution in [0.1, 0.15) is 16.7 Å². The van der Waals surface area contributed by atoms with Gasteiger partial charge in [0, 0.05) is 28.9 Å². The number of rotatable bonds is 6. The van der Waals surface area contributed by atoms with E-state index in [1.165, 1.54) is 21.7 Å². The largest absolute Gasteiger partial charge is 0.350 e. The molecule has 0 fully saturated rings. The monoisotopic (exact) mass is 453 g/mol. The number of amides is 1. The van der Waals surface area contributed by atoms with Crippen molar-refractivity contribution in [3.05, 3.63) is 87.1 Å². The maximum Gasteiger partial charge on any atom is 0.350 e. The molecule has 9 heteroatoms. The van der Waals surface area contributed by atoms with E-state index in [1.807, 2.05) is 44.2 Å². The molecule has 2 aromatic carbocycles. The zero-order valence-electron chi connectivity index (χ0n) is 17.0. The maximum absolute atomic E-state index is 12.7. The number of hydrogen-bond acceptors (Lipinski definition) is 5. The van der Waals surface area contributed by atoms with E-state index in [2.05, 4.69) is 21.5 Å². The lowest BCUT2D eigenvalue weighted by atomic mass is 10.2. The Kier molecular flexibility index (Phi) is 6.11. The van der Waals surface area contributed by atoms with E-state index < -0.39 is 5.69 Å². The lowest BCUT2D eigenvalue weighted by molar-refractivity contribution is -0.122. The van der Waals surface area contributed by atoms with Crippen molar-refractivity contribution >= 4 is 34.9 Å². The van der Waals surface area contributed by atoms with Crippen molar-refractivity contribution in [2.45, 2.75) is 36.9 Å². The highest BCUT2D eigenvalue weighted by Crippen LogP contribution is 2.31. The molecule has 0 spiro atoms. The molecular weight excluding hydrogens is 434 g/mol. The van der Waals surface area contributed by atoms with Crippen LogP contribution < -0.4 is 11.0 Å². The Balaban J connectivity index is 1.55. The van der Waals surface area contributed by atoms with Crippen LogP contribution in [-0.2, 0) is 17.9 Å². The SMILES string of the molecule is Cc1ccc(Sc2nccn3c(=O)n(CC(=O)NCc4ccccc4Cl)nc23)c(C)c1. The molecule has 31 heavy (non-hydrogen) atoms. The zero-order valence-corrected chi connectivity index (χ0v) is 18.6. The molecule has 2 heterocycles. The van der Waals surface area contributed by atoms with Crippen molar-refractivity contribution in [3.63, 3.8) is 0 Å². The van der Waals surface area contributed by atoms with Gasteiger partial charge in [-0.2, -0.15) is 0 Å². The van der Waals surface area contributed by atoms with Gasteiger partial charge in [-0.3, -0.25) is 4.79 Å². The number of halogens is 1. The second kappa shape index (κ2) is 8.95. The first-order valence-corrected chi connectivity index (χ1v) is 10.8. The van der Waals surface area contributed by atoms with Crippen molar-refractivity contribution in [1.29, 1.82) is 0 Å². The van der Waals surface area contributed by atoms with E-state index in [9.17, 15) is 9.59 Å². The lowest BCUT2D eigenvalue weighted by Crippen LogP contribution is -2.32. The summed E-state index contributed by atoms with van der Waals surface area (Å²) in [6.45, 7) is 4.15. The highest BCUT2D eigenvalue weighted by molar-refractivity contribution is 7.99. The number of carbonyl (C=O) groups excluding carboxylic acids is 1. The van der Waals surface area contributed by atoms with Crippen LogP contribution in [0.15, 0.2) is 69.6 Å². The van der Waals surface area contributed by atoms with E-state index in [1.54, 1.807) is 18.5 Å². The summed E-state index contributed by atoms with van der Waals surface area (Å²) in [5.41, 5.74) is 3.12. The molecule has 0 aliphatic rings. The van der Waals surface area contributed by atoms with Crippen LogP contribution in [0, 0.1) is 13.8 Å². The van der Waals surface area contributed by atoms with Crippen molar-refractivity contribution in [1.82, 2.24) is 24.5 Å². The second-order valence-corrected chi connectivity index (χ2v) is 8.54. The van der Waals surface area contributed by atoms with Gasteiger partial charge in [0.25, 0.3) is 0 Å². The number of aromatic nitrogens is 4. The third kappa shape index (κ3) is 4.65. The molecule has 4 rings (SSSR count). The van der Waals surface area contributed by atoms with Crippen molar-refractivity contribution in [3.8, 4) is 0 Å². The van der Waals surface area contributed by atoms with E-state index >= 15 is 0 Å². The fraction of sp³-hybridized carbons (Fsp3) is 0.182. The molecule has 0 aliphatic heterocycles. The summed E-state index contributed by atoms with van der Waals surface area (Å²) in [4.78, 5) is 30.6. The quantitative estimate of drug-likeness (QED) is 0.482. The molecule has 1 N–H and O–H groups in total. The number of nitrogens with zero attached hydrogens (tertiary/aromatic N) is 4. The highest BCUT2D eigenvalue weighted by Gasteiger charge is 2.16. The first kappa shape index (κ1) is 21.1. The van der Waals surface area contributed by atoms with Gasteiger partial charge in [-0.05, 0) is 37.1 Å².